The molecular weight excluding hydrogens is 332 g/mol. The van der Waals surface area contributed by atoms with Gasteiger partial charge in [0.2, 0.25) is 5.91 Å². The molecule has 2 fully saturated rings. The number of carbonyl (C=O) groups excluding carboxylic acids is 2. The molecule has 26 heavy (non-hydrogen) atoms. The average Bonchev–Trinajstić information content (AvgIpc) is 3.05. The van der Waals surface area contributed by atoms with Gasteiger partial charge in [0.05, 0.1) is 0 Å². The number of ether oxygens (including phenoxy) is 1. The third-order valence-electron chi connectivity index (χ3n) is 5.35. The van der Waals surface area contributed by atoms with Crippen LogP contribution in [0.2, 0.25) is 0 Å². The van der Waals surface area contributed by atoms with Gasteiger partial charge in [-0.1, -0.05) is 18.2 Å². The molecule has 6 heteroatoms. The summed E-state index contributed by atoms with van der Waals surface area (Å²) in [5.41, 5.74) is 0.976. The molecule has 1 atom stereocenters. The van der Waals surface area contributed by atoms with Crippen LogP contribution in [-0.4, -0.2) is 65.6 Å². The highest BCUT2D eigenvalue weighted by Gasteiger charge is 2.30. The topological polar surface area (TPSA) is 70.1 Å². The van der Waals surface area contributed by atoms with Gasteiger partial charge in [-0.05, 0) is 43.7 Å². The van der Waals surface area contributed by atoms with Crippen LogP contribution in [0.5, 0.6) is 5.75 Å². The predicted molar refractivity (Wildman–Crippen MR) is 97.8 cm³/mol. The van der Waals surface area contributed by atoms with Gasteiger partial charge < -0.3 is 19.6 Å². The number of aliphatic hydroxyl groups excluding tert-OH is 1. The van der Waals surface area contributed by atoms with E-state index in [-0.39, 0.29) is 18.4 Å². The maximum atomic E-state index is 12.4. The molecule has 1 N–H and O–H groups in total. The molecule has 142 valence electrons. The highest BCUT2D eigenvalue weighted by molar-refractivity contribution is 5.81. The summed E-state index contributed by atoms with van der Waals surface area (Å²) < 4.78 is 5.59. The first-order valence-electron chi connectivity index (χ1n) is 9.47. The molecular formula is C20H28N2O4. The minimum Gasteiger partial charge on any atom is -0.490 e. The Hall–Kier alpha value is -2.08. The average molecular weight is 360 g/mol. The monoisotopic (exact) mass is 360 g/mol. The molecule has 2 aliphatic heterocycles. The fourth-order valence-electron chi connectivity index (χ4n) is 3.71. The van der Waals surface area contributed by atoms with Crippen molar-refractivity contribution in [3.63, 3.8) is 0 Å². The van der Waals surface area contributed by atoms with Crippen molar-refractivity contribution in [2.24, 2.45) is 5.92 Å². The van der Waals surface area contributed by atoms with Gasteiger partial charge in [-0.25, -0.2) is 0 Å². The number of carbonyl (C=O) groups is 2. The van der Waals surface area contributed by atoms with Gasteiger partial charge in [0, 0.05) is 32.6 Å². The fourth-order valence-corrected chi connectivity index (χ4v) is 3.71. The zero-order valence-corrected chi connectivity index (χ0v) is 15.4. The lowest BCUT2D eigenvalue weighted by Crippen LogP contribution is -2.47. The quantitative estimate of drug-likeness (QED) is 0.836. The molecule has 1 unspecified atom stereocenters. The minimum atomic E-state index is -1.15. The summed E-state index contributed by atoms with van der Waals surface area (Å²) in [5.74, 6) is 1.12. The molecule has 2 heterocycles. The summed E-state index contributed by atoms with van der Waals surface area (Å²) >= 11 is 0. The second-order valence-electron chi connectivity index (χ2n) is 7.30. The largest absolute Gasteiger partial charge is 0.490 e. The van der Waals surface area contributed by atoms with Crippen LogP contribution in [0.3, 0.4) is 0 Å². The zero-order valence-electron chi connectivity index (χ0n) is 15.4. The maximum Gasteiger partial charge on any atom is 0.254 e. The van der Waals surface area contributed by atoms with Crippen molar-refractivity contribution >= 4 is 11.8 Å². The molecule has 2 amide bonds. The van der Waals surface area contributed by atoms with E-state index in [9.17, 15) is 14.7 Å². The highest BCUT2D eigenvalue weighted by Crippen LogP contribution is 2.22. The summed E-state index contributed by atoms with van der Waals surface area (Å²) in [5, 5.41) is 10.2. The van der Waals surface area contributed by atoms with E-state index in [1.54, 1.807) is 4.90 Å². The van der Waals surface area contributed by atoms with Crippen molar-refractivity contribution in [1.82, 2.24) is 9.80 Å². The Morgan fingerprint density at radius 1 is 1.27 bits per heavy atom. The van der Waals surface area contributed by atoms with E-state index in [4.69, 9.17) is 4.74 Å². The number of hydrogen-bond acceptors (Lipinski definition) is 4. The molecule has 0 aliphatic carbocycles. The van der Waals surface area contributed by atoms with Crippen LogP contribution in [0.4, 0.5) is 0 Å². The van der Waals surface area contributed by atoms with Crippen LogP contribution in [-0.2, 0) is 9.59 Å². The van der Waals surface area contributed by atoms with Crippen LogP contribution < -0.4 is 4.74 Å². The summed E-state index contributed by atoms with van der Waals surface area (Å²) in [6, 6.07) is 7.55. The summed E-state index contributed by atoms with van der Waals surface area (Å²) in [6.07, 6.45) is 2.24. The highest BCUT2D eigenvalue weighted by atomic mass is 16.5. The number of benzene rings is 1. The Morgan fingerprint density at radius 2 is 2.00 bits per heavy atom. The zero-order chi connectivity index (χ0) is 18.5. The smallest absolute Gasteiger partial charge is 0.254 e. The molecule has 0 bridgehead atoms. The van der Waals surface area contributed by atoms with Gasteiger partial charge >= 0.3 is 0 Å². The molecule has 3 rings (SSSR count). The van der Waals surface area contributed by atoms with Crippen LogP contribution in [0, 0.1) is 12.8 Å². The molecule has 2 saturated heterocycles. The molecule has 1 aromatic carbocycles. The molecule has 0 saturated carbocycles. The number of aryl methyl sites for hydroxylation is 1. The first kappa shape index (κ1) is 18.7. The number of nitrogens with zero attached hydrogens (tertiary/aromatic N) is 2. The van der Waals surface area contributed by atoms with Crippen molar-refractivity contribution in [3.8, 4) is 5.75 Å². The van der Waals surface area contributed by atoms with Gasteiger partial charge in [-0.2, -0.15) is 0 Å². The molecule has 2 aliphatic rings. The summed E-state index contributed by atoms with van der Waals surface area (Å²) in [6.45, 7) is 4.83. The van der Waals surface area contributed by atoms with Gasteiger partial charge in [0.25, 0.3) is 5.91 Å². The third-order valence-corrected chi connectivity index (χ3v) is 5.35. The molecule has 1 aromatic rings. The Bertz CT molecular complexity index is 640. The third kappa shape index (κ3) is 4.55. The molecule has 6 nitrogen and oxygen atoms in total. The van der Waals surface area contributed by atoms with Crippen LogP contribution in [0.15, 0.2) is 24.3 Å². The second-order valence-corrected chi connectivity index (χ2v) is 7.30. The first-order chi connectivity index (χ1) is 12.5. The van der Waals surface area contributed by atoms with E-state index >= 15 is 0 Å². The van der Waals surface area contributed by atoms with Crippen molar-refractivity contribution in [2.45, 2.75) is 38.7 Å². The van der Waals surface area contributed by atoms with Gasteiger partial charge in [0.1, 0.15) is 12.4 Å². The summed E-state index contributed by atoms with van der Waals surface area (Å²) in [7, 11) is 0. The number of para-hydroxylation sites is 1. The molecule has 0 aromatic heterocycles. The van der Waals surface area contributed by atoms with Gasteiger partial charge in [-0.15, -0.1) is 0 Å². The van der Waals surface area contributed by atoms with Gasteiger partial charge in [0.15, 0.2) is 6.10 Å². The van der Waals surface area contributed by atoms with Crippen molar-refractivity contribution in [1.29, 1.82) is 0 Å². The number of likely N-dealkylation sites (tertiary alicyclic amines) is 2. The van der Waals surface area contributed by atoms with E-state index in [0.29, 0.717) is 31.2 Å². The predicted octanol–water partition coefficient (Wildman–Crippen LogP) is 1.60. The van der Waals surface area contributed by atoms with Crippen LogP contribution in [0.25, 0.3) is 0 Å². The van der Waals surface area contributed by atoms with E-state index in [1.807, 2.05) is 36.1 Å². The SMILES string of the molecule is Cc1ccccc1OCC(O)C(=O)N1CCC(CN2CCCC2=O)CC1. The minimum absolute atomic E-state index is 0.0358. The molecule has 0 radical (unpaired) electrons. The van der Waals surface area contributed by atoms with Gasteiger partial charge in [-0.3, -0.25) is 9.59 Å². The number of rotatable bonds is 6. The number of hydrogen-bond donors (Lipinski definition) is 1. The standard InChI is InChI=1S/C20H28N2O4/c1-15-5-2-3-6-18(15)26-14-17(23)20(25)21-11-8-16(9-12-21)13-22-10-4-7-19(22)24/h2-3,5-6,16-17,23H,4,7-14H2,1H3. The number of piperidine rings is 1. The Labute approximate surface area is 154 Å². The van der Waals surface area contributed by atoms with E-state index < -0.39 is 6.10 Å². The van der Waals surface area contributed by atoms with E-state index in [1.165, 1.54) is 0 Å². The lowest BCUT2D eigenvalue weighted by atomic mass is 9.96. The number of amides is 2. The maximum absolute atomic E-state index is 12.4. The molecule has 0 spiro atoms. The van der Waals surface area contributed by atoms with Crippen molar-refractivity contribution < 1.29 is 19.4 Å². The fraction of sp³-hybridized carbons (Fsp3) is 0.600. The second kappa shape index (κ2) is 8.54. The Morgan fingerprint density at radius 3 is 2.65 bits per heavy atom. The van der Waals surface area contributed by atoms with Crippen molar-refractivity contribution in [3.05, 3.63) is 29.8 Å². The van der Waals surface area contributed by atoms with E-state index in [0.717, 1.165) is 37.9 Å². The van der Waals surface area contributed by atoms with Crippen LogP contribution >= 0.6 is 0 Å². The van der Waals surface area contributed by atoms with Crippen LogP contribution in [0.1, 0.15) is 31.2 Å². The van der Waals surface area contributed by atoms with E-state index in [2.05, 4.69) is 0 Å². The number of aliphatic hydroxyl groups is 1. The lowest BCUT2D eigenvalue weighted by molar-refractivity contribution is -0.143. The normalized spacial score (nSPS) is 19.7. The van der Waals surface area contributed by atoms with Crippen molar-refractivity contribution in [2.75, 3.05) is 32.8 Å². The first-order valence-corrected chi connectivity index (χ1v) is 9.47. The lowest BCUT2D eigenvalue weighted by Gasteiger charge is -2.34. The Balaban J connectivity index is 1.42. The summed E-state index contributed by atoms with van der Waals surface area (Å²) in [4.78, 5) is 27.8. The Kier molecular flexibility index (Phi) is 6.14.